The minimum atomic E-state index is -0.113. The molecule has 0 aliphatic heterocycles. The van der Waals surface area contributed by atoms with Crippen LogP contribution in [-0.4, -0.2) is 34.0 Å². The summed E-state index contributed by atoms with van der Waals surface area (Å²) in [6, 6.07) is 4.89. The molecule has 2 N–H and O–H groups in total. The number of aliphatic hydroxyl groups is 1. The van der Waals surface area contributed by atoms with Gasteiger partial charge in [0.25, 0.3) is 0 Å². The van der Waals surface area contributed by atoms with E-state index in [0.717, 1.165) is 29.3 Å². The smallest absolute Gasteiger partial charge is 0.0965 e. The molecule has 20 heavy (non-hydrogen) atoms. The molecule has 3 nitrogen and oxygen atoms in total. The van der Waals surface area contributed by atoms with Gasteiger partial charge in [-0.25, -0.2) is 4.98 Å². The van der Waals surface area contributed by atoms with Crippen molar-refractivity contribution in [3.05, 3.63) is 23.4 Å². The summed E-state index contributed by atoms with van der Waals surface area (Å²) in [5.41, 5.74) is 2.25. The molecule has 0 aromatic carbocycles. The summed E-state index contributed by atoms with van der Waals surface area (Å²) in [4.78, 5) is 4.54. The Labute approximate surface area is 126 Å². The number of aromatic nitrogens is 1. The maximum atomic E-state index is 9.57. The van der Waals surface area contributed by atoms with Crippen LogP contribution in [0.2, 0.25) is 0 Å². The predicted octanol–water partition coefficient (Wildman–Crippen LogP) is 3.07. The molecule has 0 amide bonds. The van der Waals surface area contributed by atoms with Crippen LogP contribution in [0.5, 0.6) is 0 Å². The van der Waals surface area contributed by atoms with Gasteiger partial charge in [0.05, 0.1) is 11.6 Å². The third kappa shape index (κ3) is 5.08. The van der Waals surface area contributed by atoms with Gasteiger partial charge < -0.3 is 10.4 Å². The van der Waals surface area contributed by atoms with Crippen LogP contribution in [0.4, 0.5) is 0 Å². The molecule has 1 aromatic heterocycles. The van der Waals surface area contributed by atoms with Crippen LogP contribution in [0.25, 0.3) is 0 Å². The maximum Gasteiger partial charge on any atom is 0.0965 e. The fourth-order valence-corrected chi connectivity index (χ4v) is 3.41. The zero-order valence-corrected chi connectivity index (χ0v) is 13.6. The van der Waals surface area contributed by atoms with E-state index >= 15 is 0 Å². The lowest BCUT2D eigenvalue weighted by Gasteiger charge is -2.29. The highest BCUT2D eigenvalue weighted by Gasteiger charge is 2.31. The van der Waals surface area contributed by atoms with Crippen LogP contribution in [0, 0.1) is 13.8 Å². The summed E-state index contributed by atoms with van der Waals surface area (Å²) < 4.78 is 0. The Kier molecular flexibility index (Phi) is 5.47. The SMILES string of the molecule is Cc1cc(C)nc(SCCCC(C)(CO)NC2CC2)c1. The number of hydrogen-bond acceptors (Lipinski definition) is 4. The monoisotopic (exact) mass is 294 g/mol. The minimum Gasteiger partial charge on any atom is -0.394 e. The van der Waals surface area contributed by atoms with E-state index in [2.05, 4.69) is 36.3 Å². The molecule has 1 aliphatic rings. The molecule has 2 rings (SSSR count). The van der Waals surface area contributed by atoms with Crippen molar-refractivity contribution in [2.24, 2.45) is 0 Å². The Hall–Kier alpha value is -0.580. The van der Waals surface area contributed by atoms with E-state index in [1.807, 2.05) is 18.7 Å². The van der Waals surface area contributed by atoms with Gasteiger partial charge in [0.1, 0.15) is 0 Å². The Morgan fingerprint density at radius 1 is 1.40 bits per heavy atom. The van der Waals surface area contributed by atoms with Crippen molar-refractivity contribution in [1.82, 2.24) is 10.3 Å². The van der Waals surface area contributed by atoms with Gasteiger partial charge in [-0.15, -0.1) is 11.8 Å². The zero-order chi connectivity index (χ0) is 14.6. The predicted molar refractivity (Wildman–Crippen MR) is 85.3 cm³/mol. The highest BCUT2D eigenvalue weighted by molar-refractivity contribution is 7.99. The van der Waals surface area contributed by atoms with Crippen LogP contribution in [0.3, 0.4) is 0 Å². The van der Waals surface area contributed by atoms with Crippen LogP contribution in [0.15, 0.2) is 17.2 Å². The van der Waals surface area contributed by atoms with Gasteiger partial charge in [0.2, 0.25) is 0 Å². The Bertz CT molecular complexity index is 428. The number of aryl methyl sites for hydroxylation is 2. The fourth-order valence-electron chi connectivity index (χ4n) is 2.43. The summed E-state index contributed by atoms with van der Waals surface area (Å²) in [5.74, 6) is 1.05. The summed E-state index contributed by atoms with van der Waals surface area (Å²) in [6.07, 6.45) is 4.63. The highest BCUT2D eigenvalue weighted by Crippen LogP contribution is 2.26. The Morgan fingerprint density at radius 2 is 2.15 bits per heavy atom. The van der Waals surface area contributed by atoms with E-state index in [1.54, 1.807) is 0 Å². The average Bonchev–Trinajstić information content (AvgIpc) is 3.17. The second kappa shape index (κ2) is 6.92. The van der Waals surface area contributed by atoms with E-state index in [4.69, 9.17) is 0 Å². The summed E-state index contributed by atoms with van der Waals surface area (Å²) in [5, 5.41) is 14.2. The van der Waals surface area contributed by atoms with E-state index in [0.29, 0.717) is 6.04 Å². The molecular weight excluding hydrogens is 268 g/mol. The number of pyridine rings is 1. The van der Waals surface area contributed by atoms with Crippen LogP contribution in [0.1, 0.15) is 43.9 Å². The first-order valence-corrected chi connectivity index (χ1v) is 8.46. The van der Waals surface area contributed by atoms with Crippen molar-refractivity contribution in [3.63, 3.8) is 0 Å². The fraction of sp³-hybridized carbons (Fsp3) is 0.688. The topological polar surface area (TPSA) is 45.2 Å². The quantitative estimate of drug-likeness (QED) is 0.571. The summed E-state index contributed by atoms with van der Waals surface area (Å²) >= 11 is 1.81. The second-order valence-corrected chi connectivity index (χ2v) is 7.33. The van der Waals surface area contributed by atoms with Crippen LogP contribution < -0.4 is 5.32 Å². The molecule has 0 spiro atoms. The lowest BCUT2D eigenvalue weighted by molar-refractivity contribution is 0.163. The molecule has 1 saturated carbocycles. The average molecular weight is 294 g/mol. The number of rotatable bonds is 8. The van der Waals surface area contributed by atoms with Gasteiger partial charge >= 0.3 is 0 Å². The van der Waals surface area contributed by atoms with Gasteiger partial charge in [-0.05, 0) is 69.9 Å². The van der Waals surface area contributed by atoms with Gasteiger partial charge in [-0.1, -0.05) is 0 Å². The lowest BCUT2D eigenvalue weighted by atomic mass is 9.97. The number of aliphatic hydroxyl groups excluding tert-OH is 1. The molecular formula is C16H26N2OS. The molecule has 0 saturated heterocycles. The van der Waals surface area contributed by atoms with Gasteiger partial charge in [-0.3, -0.25) is 0 Å². The molecule has 1 atom stereocenters. The lowest BCUT2D eigenvalue weighted by Crippen LogP contribution is -2.46. The third-order valence-corrected chi connectivity index (χ3v) is 4.67. The number of hydrogen-bond donors (Lipinski definition) is 2. The second-order valence-electron chi connectivity index (χ2n) is 6.21. The first-order chi connectivity index (χ1) is 9.50. The van der Waals surface area contributed by atoms with Gasteiger partial charge in [0.15, 0.2) is 0 Å². The first kappa shape index (κ1) is 15.8. The van der Waals surface area contributed by atoms with Crippen molar-refractivity contribution in [1.29, 1.82) is 0 Å². The third-order valence-electron chi connectivity index (χ3n) is 3.68. The van der Waals surface area contributed by atoms with Gasteiger partial charge in [-0.2, -0.15) is 0 Å². The first-order valence-electron chi connectivity index (χ1n) is 7.47. The molecule has 0 bridgehead atoms. The summed E-state index contributed by atoms with van der Waals surface area (Å²) in [6.45, 7) is 6.50. The van der Waals surface area contributed by atoms with Crippen molar-refractivity contribution >= 4 is 11.8 Å². The van der Waals surface area contributed by atoms with Crippen molar-refractivity contribution in [2.45, 2.75) is 63.1 Å². The van der Waals surface area contributed by atoms with E-state index in [-0.39, 0.29) is 12.1 Å². The molecule has 1 aromatic rings. The van der Waals surface area contributed by atoms with Crippen LogP contribution in [-0.2, 0) is 0 Å². The van der Waals surface area contributed by atoms with Gasteiger partial charge in [0, 0.05) is 17.3 Å². The largest absolute Gasteiger partial charge is 0.394 e. The van der Waals surface area contributed by atoms with Crippen molar-refractivity contribution < 1.29 is 5.11 Å². The van der Waals surface area contributed by atoms with E-state index < -0.39 is 0 Å². The minimum absolute atomic E-state index is 0.113. The normalized spacial score (nSPS) is 18.0. The number of nitrogens with one attached hydrogen (secondary N) is 1. The molecule has 0 radical (unpaired) electrons. The zero-order valence-electron chi connectivity index (χ0n) is 12.8. The molecule has 112 valence electrons. The molecule has 4 heteroatoms. The molecule has 1 fully saturated rings. The number of thioether (sulfide) groups is 1. The van der Waals surface area contributed by atoms with Crippen molar-refractivity contribution in [3.8, 4) is 0 Å². The molecule has 1 unspecified atom stereocenters. The Morgan fingerprint density at radius 3 is 2.75 bits per heavy atom. The van der Waals surface area contributed by atoms with Crippen molar-refractivity contribution in [2.75, 3.05) is 12.4 Å². The standard InChI is InChI=1S/C16H26N2OS/c1-12-9-13(2)17-15(10-12)20-8-4-7-16(3,11-19)18-14-5-6-14/h9-10,14,18-19H,4-8,11H2,1-3H3. The van der Waals surface area contributed by atoms with E-state index in [9.17, 15) is 5.11 Å². The highest BCUT2D eigenvalue weighted by atomic mass is 32.2. The number of nitrogens with zero attached hydrogens (tertiary/aromatic N) is 1. The van der Waals surface area contributed by atoms with Crippen LogP contribution >= 0.6 is 11.8 Å². The summed E-state index contributed by atoms with van der Waals surface area (Å²) in [7, 11) is 0. The van der Waals surface area contributed by atoms with E-state index in [1.165, 1.54) is 18.4 Å². The maximum absolute atomic E-state index is 9.57. The Balaban J connectivity index is 1.74. The molecule has 1 aliphatic carbocycles. The molecule has 1 heterocycles.